The van der Waals surface area contributed by atoms with E-state index in [1.54, 1.807) is 0 Å². The Morgan fingerprint density at radius 3 is 0.911 bits per heavy atom. The second kappa shape index (κ2) is 74.4. The highest BCUT2D eigenvalue weighted by molar-refractivity contribution is 7.47. The van der Waals surface area contributed by atoms with Crippen LogP contribution in [0.25, 0.3) is 0 Å². The maximum Gasteiger partial charge on any atom is 0.472 e. The van der Waals surface area contributed by atoms with Gasteiger partial charge in [-0.15, -0.1) is 0 Å². The number of nitrogens with two attached hydrogens (primary N) is 1. The molecule has 0 bridgehead atoms. The van der Waals surface area contributed by atoms with Crippen molar-refractivity contribution in [2.75, 3.05) is 26.4 Å². The molecular formula is C80H140NO8P. The molecule has 2 unspecified atom stereocenters. The summed E-state index contributed by atoms with van der Waals surface area (Å²) < 4.78 is 33.2. The van der Waals surface area contributed by atoms with Crippen molar-refractivity contribution in [3.63, 3.8) is 0 Å². The number of carbonyl (C=O) groups excluding carboxylic acids is 2. The lowest BCUT2D eigenvalue weighted by Gasteiger charge is -2.19. The van der Waals surface area contributed by atoms with E-state index in [4.69, 9.17) is 24.3 Å². The average Bonchev–Trinajstić information content (AvgIpc) is 3.58. The van der Waals surface area contributed by atoms with E-state index in [1.165, 1.54) is 212 Å². The summed E-state index contributed by atoms with van der Waals surface area (Å²) in [4.78, 5) is 35.4. The van der Waals surface area contributed by atoms with Crippen molar-refractivity contribution in [3.05, 3.63) is 122 Å². The zero-order valence-electron chi connectivity index (χ0n) is 58.3. The van der Waals surface area contributed by atoms with E-state index in [-0.39, 0.29) is 32.6 Å². The van der Waals surface area contributed by atoms with Gasteiger partial charge in [0.2, 0.25) is 0 Å². The predicted octanol–water partition coefficient (Wildman–Crippen LogP) is 25.0. The van der Waals surface area contributed by atoms with Gasteiger partial charge >= 0.3 is 19.8 Å². The molecule has 0 fully saturated rings. The molecule has 0 aromatic carbocycles. The Morgan fingerprint density at radius 1 is 0.344 bits per heavy atom. The molecule has 10 heteroatoms. The van der Waals surface area contributed by atoms with Crippen molar-refractivity contribution in [2.45, 2.75) is 347 Å². The van der Waals surface area contributed by atoms with Crippen LogP contribution in [0.3, 0.4) is 0 Å². The molecule has 0 aliphatic carbocycles. The number of ether oxygens (including phenoxy) is 2. The zero-order valence-corrected chi connectivity index (χ0v) is 59.2. The summed E-state index contributed by atoms with van der Waals surface area (Å²) in [7, 11) is -4.41. The Kier molecular flexibility index (Phi) is 71.5. The molecule has 0 aromatic heterocycles. The lowest BCUT2D eigenvalue weighted by atomic mass is 10.0. The fourth-order valence-electron chi connectivity index (χ4n) is 10.6. The first-order valence-corrected chi connectivity index (χ1v) is 39.0. The molecule has 0 aliphatic rings. The smallest absolute Gasteiger partial charge is 0.462 e. The monoisotopic (exact) mass is 1270 g/mol. The Balaban J connectivity index is 3.92. The summed E-state index contributed by atoms with van der Waals surface area (Å²) in [5, 5.41) is 0. The minimum absolute atomic E-state index is 0.0412. The van der Waals surface area contributed by atoms with Crippen molar-refractivity contribution in [3.8, 4) is 0 Å². The van der Waals surface area contributed by atoms with Gasteiger partial charge in [-0.2, -0.15) is 0 Å². The van der Waals surface area contributed by atoms with E-state index >= 15 is 0 Å². The van der Waals surface area contributed by atoms with Gasteiger partial charge in [-0.25, -0.2) is 4.57 Å². The first kappa shape index (κ1) is 86.4. The minimum atomic E-state index is -4.41. The number of allylic oxidation sites excluding steroid dienone is 20. The van der Waals surface area contributed by atoms with Gasteiger partial charge in [0.05, 0.1) is 13.2 Å². The van der Waals surface area contributed by atoms with Crippen molar-refractivity contribution in [1.82, 2.24) is 0 Å². The number of rotatable bonds is 70. The summed E-state index contributed by atoms with van der Waals surface area (Å²) >= 11 is 0. The number of esters is 2. The van der Waals surface area contributed by atoms with Crippen LogP contribution in [0.1, 0.15) is 341 Å². The molecule has 2 atom stereocenters. The van der Waals surface area contributed by atoms with Crippen LogP contribution < -0.4 is 5.73 Å². The zero-order chi connectivity index (χ0) is 65.1. The number of phosphoric acid groups is 1. The van der Waals surface area contributed by atoms with E-state index in [0.29, 0.717) is 6.42 Å². The van der Waals surface area contributed by atoms with E-state index < -0.39 is 32.5 Å². The Morgan fingerprint density at radius 2 is 0.611 bits per heavy atom. The molecule has 0 heterocycles. The highest BCUT2D eigenvalue weighted by atomic mass is 31.2. The molecule has 0 aliphatic heterocycles. The SMILES string of the molecule is CC/C=C\C/C=C\C/C=C\C/C=C\C/C=C\C/C=C\C/C=C\C/C=C\C/C=C\C/C=C\CCCCC(=O)OC(COC(=O)CCCCCCCCCCCCCCCCCCCCCCCCCCCCCCCCCCCCCC)COP(=O)(O)OCCN. The van der Waals surface area contributed by atoms with Crippen molar-refractivity contribution >= 4 is 19.8 Å². The Bertz CT molecular complexity index is 1890. The normalized spacial score (nSPS) is 13.6. The van der Waals surface area contributed by atoms with Crippen LogP contribution in [0.2, 0.25) is 0 Å². The van der Waals surface area contributed by atoms with Crippen molar-refractivity contribution in [2.24, 2.45) is 5.73 Å². The number of unbranched alkanes of at least 4 members (excludes halogenated alkanes) is 37. The van der Waals surface area contributed by atoms with E-state index in [1.807, 2.05) is 0 Å². The largest absolute Gasteiger partial charge is 0.472 e. The molecule has 0 rings (SSSR count). The number of hydrogen-bond donors (Lipinski definition) is 2. The highest BCUT2D eigenvalue weighted by Crippen LogP contribution is 2.43. The van der Waals surface area contributed by atoms with E-state index in [2.05, 4.69) is 135 Å². The summed E-state index contributed by atoms with van der Waals surface area (Å²) in [6.07, 6.45) is 105. The maximum absolute atomic E-state index is 12.8. The van der Waals surface area contributed by atoms with Gasteiger partial charge in [0.25, 0.3) is 0 Å². The fourth-order valence-corrected chi connectivity index (χ4v) is 11.4. The molecule has 0 saturated heterocycles. The molecule has 9 nitrogen and oxygen atoms in total. The van der Waals surface area contributed by atoms with Gasteiger partial charge in [0, 0.05) is 19.4 Å². The summed E-state index contributed by atoms with van der Waals surface area (Å²) in [5.41, 5.74) is 5.40. The third-order valence-electron chi connectivity index (χ3n) is 16.1. The van der Waals surface area contributed by atoms with Gasteiger partial charge in [-0.05, 0) is 89.9 Å². The molecule has 0 aromatic rings. The van der Waals surface area contributed by atoms with Gasteiger partial charge in [0.15, 0.2) is 6.10 Å². The van der Waals surface area contributed by atoms with Crippen LogP contribution in [0.4, 0.5) is 0 Å². The van der Waals surface area contributed by atoms with E-state index in [9.17, 15) is 19.0 Å². The van der Waals surface area contributed by atoms with Crippen LogP contribution in [0.5, 0.6) is 0 Å². The van der Waals surface area contributed by atoms with Gasteiger partial charge < -0.3 is 20.1 Å². The van der Waals surface area contributed by atoms with Crippen LogP contribution >= 0.6 is 7.82 Å². The third kappa shape index (κ3) is 73.5. The Hall–Kier alpha value is -3.59. The second-order valence-electron chi connectivity index (χ2n) is 24.8. The van der Waals surface area contributed by atoms with Crippen molar-refractivity contribution < 1.29 is 37.6 Å². The molecule has 0 amide bonds. The first-order valence-electron chi connectivity index (χ1n) is 37.5. The topological polar surface area (TPSA) is 134 Å². The molecule has 0 spiro atoms. The van der Waals surface area contributed by atoms with Crippen LogP contribution in [0, 0.1) is 0 Å². The third-order valence-corrected chi connectivity index (χ3v) is 17.1. The summed E-state index contributed by atoms with van der Waals surface area (Å²) in [6, 6.07) is 0. The lowest BCUT2D eigenvalue weighted by Crippen LogP contribution is -2.29. The summed E-state index contributed by atoms with van der Waals surface area (Å²) in [6.45, 7) is 3.61. The second-order valence-corrected chi connectivity index (χ2v) is 26.2. The molecule has 518 valence electrons. The fraction of sp³-hybridized carbons (Fsp3) is 0.725. The van der Waals surface area contributed by atoms with E-state index in [0.717, 1.165) is 96.3 Å². The minimum Gasteiger partial charge on any atom is -0.462 e. The lowest BCUT2D eigenvalue weighted by molar-refractivity contribution is -0.161. The van der Waals surface area contributed by atoms with Gasteiger partial charge in [-0.3, -0.25) is 18.6 Å². The van der Waals surface area contributed by atoms with Gasteiger partial charge in [-0.1, -0.05) is 360 Å². The number of carbonyl (C=O) groups is 2. The maximum atomic E-state index is 12.8. The number of phosphoric ester groups is 1. The van der Waals surface area contributed by atoms with Crippen molar-refractivity contribution in [1.29, 1.82) is 0 Å². The standard InChI is InChI=1S/C80H140NO8P/c1-3-5-7-9-11-13-15-17-19-21-23-25-27-29-31-33-35-37-38-39-41-42-44-46-48-50-52-54-56-58-60-62-64-66-68-70-72-79(82)86-76-78(77-88-90(84,85)87-75-74-81)89-80(83)73-71-69-67-65-63-61-59-57-55-53-51-49-47-45-43-40-36-34-32-30-28-26-24-22-20-18-16-14-12-10-8-6-4-2/h6,8,12,14,18,20,24,26,30,32,36,40,45,47,51,53,57,59,63,65,78H,3-5,7,9-11,13,15-17,19,21-23,25,27-29,31,33-35,37-39,41-44,46,48-50,52,54-56,58,60-62,64,66-77,81H2,1-2H3,(H,84,85)/b8-6-,14-12-,20-18-,26-24-,32-30-,40-36-,47-45-,53-51-,59-57-,65-63-. The van der Waals surface area contributed by atoms with Gasteiger partial charge in [0.1, 0.15) is 6.61 Å². The molecule has 90 heavy (non-hydrogen) atoms. The molecule has 3 N–H and O–H groups in total. The average molecular weight is 1270 g/mol. The van der Waals surface area contributed by atoms with Crippen LogP contribution in [0.15, 0.2) is 122 Å². The quantitative estimate of drug-likeness (QED) is 0.0264. The summed E-state index contributed by atoms with van der Waals surface area (Å²) in [5.74, 6) is -0.874. The predicted molar refractivity (Wildman–Crippen MR) is 390 cm³/mol. The van der Waals surface area contributed by atoms with Crippen LogP contribution in [-0.4, -0.2) is 49.3 Å². The molecule has 0 radical (unpaired) electrons. The molecular weight excluding hydrogens is 1130 g/mol. The highest BCUT2D eigenvalue weighted by Gasteiger charge is 2.26. The number of hydrogen-bond acceptors (Lipinski definition) is 8. The first-order chi connectivity index (χ1) is 44.3. The molecule has 0 saturated carbocycles. The van der Waals surface area contributed by atoms with Crippen LogP contribution in [-0.2, 0) is 32.7 Å². The Labute approximate surface area is 555 Å².